The van der Waals surface area contributed by atoms with E-state index in [0.717, 1.165) is 0 Å². The Morgan fingerprint density at radius 2 is 1.62 bits per heavy atom. The van der Waals surface area contributed by atoms with Crippen molar-refractivity contribution in [3.63, 3.8) is 0 Å². The quantitative estimate of drug-likeness (QED) is 0.877. The number of ether oxygens (including phenoxy) is 5. The lowest BCUT2D eigenvalue weighted by molar-refractivity contribution is 0.0829. The van der Waals surface area contributed by atoms with Gasteiger partial charge in [0, 0.05) is 6.07 Å². The molecular weight excluding hydrogens is 340 g/mol. The number of hydrogen-bond donors (Lipinski definition) is 1. The van der Waals surface area contributed by atoms with Crippen molar-refractivity contribution in [3.05, 3.63) is 35.4 Å². The molecule has 0 aliphatic carbocycles. The molecule has 1 N–H and O–H groups in total. The van der Waals surface area contributed by atoms with Gasteiger partial charge in [-0.2, -0.15) is 0 Å². The minimum atomic E-state index is -0.665. The lowest BCUT2D eigenvalue weighted by Gasteiger charge is -2.29. The topological polar surface area (TPSA) is 83.5 Å². The second-order valence-corrected chi connectivity index (χ2v) is 5.65. The Morgan fingerprint density at radius 3 is 2.15 bits per heavy atom. The van der Waals surface area contributed by atoms with Crippen LogP contribution in [0, 0.1) is 0 Å². The van der Waals surface area contributed by atoms with Gasteiger partial charge in [0.05, 0.1) is 40.4 Å². The highest BCUT2D eigenvalue weighted by atomic mass is 16.5. The lowest BCUT2D eigenvalue weighted by Crippen LogP contribution is -2.22. The van der Waals surface area contributed by atoms with Crippen molar-refractivity contribution in [1.29, 1.82) is 0 Å². The highest BCUT2D eigenvalue weighted by Gasteiger charge is 2.37. The summed E-state index contributed by atoms with van der Waals surface area (Å²) in [6.07, 6.45) is -0.645. The predicted molar refractivity (Wildman–Crippen MR) is 93.1 cm³/mol. The van der Waals surface area contributed by atoms with Crippen LogP contribution in [0.25, 0.3) is 0 Å². The number of methoxy groups -OCH3 is 4. The van der Waals surface area contributed by atoms with Crippen LogP contribution in [0.5, 0.6) is 34.5 Å². The summed E-state index contributed by atoms with van der Waals surface area (Å²) in [5.74, 6) is 1.24. The van der Waals surface area contributed by atoms with Gasteiger partial charge in [0.15, 0.2) is 17.3 Å². The van der Waals surface area contributed by atoms with Gasteiger partial charge < -0.3 is 28.8 Å². The first-order valence-electron chi connectivity index (χ1n) is 7.94. The van der Waals surface area contributed by atoms with Gasteiger partial charge in [0.1, 0.15) is 28.9 Å². The van der Waals surface area contributed by atoms with E-state index in [1.54, 1.807) is 18.2 Å². The Morgan fingerprint density at radius 1 is 1.00 bits per heavy atom. The zero-order chi connectivity index (χ0) is 18.8. The molecule has 7 nitrogen and oxygen atoms in total. The van der Waals surface area contributed by atoms with Crippen molar-refractivity contribution in [2.24, 2.45) is 0 Å². The van der Waals surface area contributed by atoms with Gasteiger partial charge in [-0.15, -0.1) is 0 Å². The van der Waals surface area contributed by atoms with Gasteiger partial charge >= 0.3 is 0 Å². The summed E-state index contributed by atoms with van der Waals surface area (Å²) >= 11 is 0. The Kier molecular flexibility index (Phi) is 4.79. The third kappa shape index (κ3) is 2.75. The average Bonchev–Trinajstić information content (AvgIpc) is 2.66. The maximum Gasteiger partial charge on any atom is 0.204 e. The van der Waals surface area contributed by atoms with E-state index in [-0.39, 0.29) is 40.8 Å². The molecule has 0 spiro atoms. The number of ketones is 1. The van der Waals surface area contributed by atoms with Gasteiger partial charge in [-0.3, -0.25) is 4.79 Å². The van der Waals surface area contributed by atoms with Crippen molar-refractivity contribution in [2.45, 2.75) is 12.5 Å². The number of carbonyl (C=O) groups is 1. The molecule has 0 aromatic heterocycles. The van der Waals surface area contributed by atoms with Crippen LogP contribution in [0.1, 0.15) is 28.4 Å². The second-order valence-electron chi connectivity index (χ2n) is 5.65. The number of rotatable bonds is 5. The molecule has 1 aliphatic rings. The highest BCUT2D eigenvalue weighted by molar-refractivity contribution is 6.04. The molecule has 0 bridgehead atoms. The first-order chi connectivity index (χ1) is 12.5. The van der Waals surface area contributed by atoms with Crippen molar-refractivity contribution < 1.29 is 33.6 Å². The van der Waals surface area contributed by atoms with Crippen LogP contribution in [0.3, 0.4) is 0 Å². The van der Waals surface area contributed by atoms with Gasteiger partial charge in [0.25, 0.3) is 0 Å². The number of hydrogen-bond acceptors (Lipinski definition) is 7. The Bertz CT molecular complexity index is 822. The van der Waals surface area contributed by atoms with Gasteiger partial charge in [-0.1, -0.05) is 6.07 Å². The molecule has 0 saturated heterocycles. The minimum Gasteiger partial charge on any atom is -0.507 e. The Balaban J connectivity index is 2.17. The third-order valence-electron chi connectivity index (χ3n) is 4.30. The first-order valence-corrected chi connectivity index (χ1v) is 7.94. The maximum atomic E-state index is 12.7. The molecule has 7 heteroatoms. The summed E-state index contributed by atoms with van der Waals surface area (Å²) in [6, 6.07) is 6.65. The molecule has 2 aromatic rings. The fourth-order valence-electron chi connectivity index (χ4n) is 3.14. The lowest BCUT2D eigenvalue weighted by atomic mass is 9.94. The van der Waals surface area contributed by atoms with Crippen molar-refractivity contribution >= 4 is 5.78 Å². The number of phenolic OH excluding ortho intramolecular Hbond substituents is 1. The molecule has 2 aromatic carbocycles. The molecule has 0 saturated carbocycles. The zero-order valence-electron chi connectivity index (χ0n) is 15.0. The summed E-state index contributed by atoms with van der Waals surface area (Å²) in [5, 5.41) is 10.2. The summed E-state index contributed by atoms with van der Waals surface area (Å²) in [6.45, 7) is 0. The molecule has 0 radical (unpaired) electrons. The van der Waals surface area contributed by atoms with E-state index >= 15 is 0 Å². The highest BCUT2D eigenvalue weighted by Crippen LogP contribution is 2.51. The molecular formula is C19H20O7. The number of carbonyl (C=O) groups excluding carboxylic acids is 1. The third-order valence-corrected chi connectivity index (χ3v) is 4.30. The molecule has 0 fully saturated rings. The number of aromatic hydroxyl groups is 1. The van der Waals surface area contributed by atoms with E-state index in [4.69, 9.17) is 23.7 Å². The molecule has 1 heterocycles. The van der Waals surface area contributed by atoms with E-state index in [9.17, 15) is 9.90 Å². The van der Waals surface area contributed by atoms with Crippen molar-refractivity contribution in [1.82, 2.24) is 0 Å². The molecule has 0 unspecified atom stereocenters. The number of fused-ring (bicyclic) bond motifs is 1. The zero-order valence-corrected chi connectivity index (χ0v) is 15.0. The molecule has 0 amide bonds. The molecule has 26 heavy (non-hydrogen) atoms. The summed E-state index contributed by atoms with van der Waals surface area (Å²) in [4.78, 5) is 12.7. The SMILES string of the molecule is COc1cc(O)c2c(c1OC)O[C@H](c1c(OC)cccc1OC)CC2=O. The van der Waals surface area contributed by atoms with E-state index < -0.39 is 6.10 Å². The van der Waals surface area contributed by atoms with Crippen molar-refractivity contribution in [3.8, 4) is 34.5 Å². The van der Waals surface area contributed by atoms with Crippen LogP contribution in [-0.2, 0) is 0 Å². The van der Waals surface area contributed by atoms with Crippen LogP contribution in [-0.4, -0.2) is 39.3 Å². The van der Waals surface area contributed by atoms with E-state index in [0.29, 0.717) is 17.1 Å². The van der Waals surface area contributed by atoms with E-state index in [2.05, 4.69) is 0 Å². The van der Waals surface area contributed by atoms with Crippen LogP contribution in [0.4, 0.5) is 0 Å². The molecule has 1 aliphatic heterocycles. The predicted octanol–water partition coefficient (Wildman–Crippen LogP) is 3.13. The summed E-state index contributed by atoms with van der Waals surface area (Å²) in [7, 11) is 5.95. The van der Waals surface area contributed by atoms with Crippen molar-refractivity contribution in [2.75, 3.05) is 28.4 Å². The molecule has 138 valence electrons. The maximum absolute atomic E-state index is 12.7. The fraction of sp³-hybridized carbons (Fsp3) is 0.316. The standard InChI is InChI=1S/C19H20O7/c1-22-12-6-5-7-13(23-2)17(12)14-8-10(20)16-11(21)9-15(24-3)18(25-4)19(16)26-14/h5-7,9,14,21H,8H2,1-4H3/t14-/m0/s1. The number of benzene rings is 2. The Hall–Kier alpha value is -3.09. The minimum absolute atomic E-state index is 0.0206. The van der Waals surface area contributed by atoms with Gasteiger partial charge in [-0.25, -0.2) is 0 Å². The summed E-state index contributed by atoms with van der Waals surface area (Å²) < 4.78 is 27.5. The van der Waals surface area contributed by atoms with Crippen LogP contribution < -0.4 is 23.7 Å². The van der Waals surface area contributed by atoms with Gasteiger partial charge in [0.2, 0.25) is 5.75 Å². The molecule has 1 atom stereocenters. The normalized spacial score (nSPS) is 15.7. The van der Waals surface area contributed by atoms with E-state index in [1.807, 2.05) is 0 Å². The molecule has 3 rings (SSSR count). The largest absolute Gasteiger partial charge is 0.507 e. The second kappa shape index (κ2) is 7.03. The smallest absolute Gasteiger partial charge is 0.204 e. The monoisotopic (exact) mass is 360 g/mol. The van der Waals surface area contributed by atoms with Crippen LogP contribution in [0.15, 0.2) is 24.3 Å². The van der Waals surface area contributed by atoms with Crippen LogP contribution in [0.2, 0.25) is 0 Å². The summed E-state index contributed by atoms with van der Waals surface area (Å²) in [5.41, 5.74) is 0.689. The van der Waals surface area contributed by atoms with Gasteiger partial charge in [-0.05, 0) is 12.1 Å². The van der Waals surface area contributed by atoms with E-state index in [1.165, 1.54) is 34.5 Å². The number of Topliss-reactive ketones (excluding diaryl/α,β-unsaturated/α-hetero) is 1. The van der Waals surface area contributed by atoms with Crippen LogP contribution >= 0.6 is 0 Å². The fourth-order valence-corrected chi connectivity index (χ4v) is 3.14. The number of phenols is 1. The Labute approximate surface area is 151 Å². The first kappa shape index (κ1) is 17.7. The average molecular weight is 360 g/mol.